The first kappa shape index (κ1) is 19.6. The van der Waals surface area contributed by atoms with Crippen LogP contribution in [0.2, 0.25) is 0 Å². The van der Waals surface area contributed by atoms with Crippen LogP contribution in [0.5, 0.6) is 0 Å². The Labute approximate surface area is 106 Å². The molecular weight excluding hydrogens is 275 g/mol. The Morgan fingerprint density at radius 3 is 1.00 bits per heavy atom. The Kier molecular flexibility index (Phi) is 30.3. The first-order chi connectivity index (χ1) is 6.83. The van der Waals surface area contributed by atoms with E-state index in [0.29, 0.717) is 0 Å². The number of nitriles is 2. The van der Waals surface area contributed by atoms with Crippen molar-refractivity contribution in [1.82, 2.24) is 0 Å². The first-order valence-corrected chi connectivity index (χ1v) is 4.75. The SMILES string of the molecule is C1=C\CC/C=C\CC/1.CC#N.CC#N.[Rh]. The molecule has 0 atom stereocenters. The molecule has 1 aliphatic rings. The number of allylic oxidation sites excluding steroid dienone is 4. The summed E-state index contributed by atoms with van der Waals surface area (Å²) in [5.74, 6) is 0. The zero-order chi connectivity index (χ0) is 11.1. The molecule has 85 valence electrons. The van der Waals surface area contributed by atoms with Gasteiger partial charge in [0.1, 0.15) is 0 Å². The van der Waals surface area contributed by atoms with E-state index in [1.807, 2.05) is 0 Å². The Morgan fingerprint density at radius 1 is 0.733 bits per heavy atom. The van der Waals surface area contributed by atoms with Crippen molar-refractivity contribution >= 4 is 0 Å². The minimum atomic E-state index is 0. The van der Waals surface area contributed by atoms with Gasteiger partial charge in [0.2, 0.25) is 0 Å². The molecule has 0 bridgehead atoms. The van der Waals surface area contributed by atoms with E-state index in [4.69, 9.17) is 10.5 Å². The molecule has 0 heterocycles. The molecule has 0 saturated heterocycles. The third-order valence-electron chi connectivity index (χ3n) is 1.33. The van der Waals surface area contributed by atoms with Crippen LogP contribution in [-0.2, 0) is 19.5 Å². The van der Waals surface area contributed by atoms with Gasteiger partial charge in [-0.2, -0.15) is 10.5 Å². The van der Waals surface area contributed by atoms with Crippen molar-refractivity contribution in [3.8, 4) is 12.1 Å². The number of hydrogen-bond donors (Lipinski definition) is 0. The van der Waals surface area contributed by atoms with Crippen molar-refractivity contribution in [2.75, 3.05) is 0 Å². The maximum Gasteiger partial charge on any atom is 0.0587 e. The van der Waals surface area contributed by atoms with Gasteiger partial charge in [0.05, 0.1) is 12.1 Å². The Bertz CT molecular complexity index is 193. The molecule has 0 aromatic rings. The van der Waals surface area contributed by atoms with Crippen molar-refractivity contribution in [3.05, 3.63) is 24.3 Å². The average molecular weight is 293 g/mol. The minimum Gasteiger partial charge on any atom is -0.199 e. The predicted molar refractivity (Wildman–Crippen MR) is 59.3 cm³/mol. The van der Waals surface area contributed by atoms with Crippen LogP contribution >= 0.6 is 0 Å². The molecule has 0 saturated carbocycles. The Balaban J connectivity index is -0.000000177. The molecule has 1 rings (SSSR count). The van der Waals surface area contributed by atoms with Gasteiger partial charge in [-0.05, 0) is 25.7 Å². The summed E-state index contributed by atoms with van der Waals surface area (Å²) in [7, 11) is 0. The molecule has 2 nitrogen and oxygen atoms in total. The molecule has 0 fully saturated rings. The van der Waals surface area contributed by atoms with E-state index >= 15 is 0 Å². The van der Waals surface area contributed by atoms with E-state index < -0.39 is 0 Å². The number of hydrogen-bond acceptors (Lipinski definition) is 2. The summed E-state index contributed by atoms with van der Waals surface area (Å²) in [6.07, 6.45) is 14.0. The molecule has 0 aromatic heterocycles. The van der Waals surface area contributed by atoms with Crippen molar-refractivity contribution in [3.63, 3.8) is 0 Å². The van der Waals surface area contributed by atoms with Crippen LogP contribution in [0.3, 0.4) is 0 Å². The Hall–Kier alpha value is -0.917. The zero-order valence-corrected chi connectivity index (χ0v) is 11.0. The van der Waals surface area contributed by atoms with Crippen LogP contribution < -0.4 is 0 Å². The van der Waals surface area contributed by atoms with Crippen LogP contribution in [-0.4, -0.2) is 0 Å². The molecule has 0 unspecified atom stereocenters. The van der Waals surface area contributed by atoms with Gasteiger partial charge in [-0.15, -0.1) is 0 Å². The van der Waals surface area contributed by atoms with E-state index in [0.717, 1.165) is 0 Å². The standard InChI is InChI=1S/C8H12.2C2H3N.Rh/c1-2-4-6-8-7-5-3-1;2*1-2-3;/h1-2,7-8H,3-6H2;2*1H3;/b2-1-,8-7-;;;. The summed E-state index contributed by atoms with van der Waals surface area (Å²) < 4.78 is 0. The monoisotopic (exact) mass is 293 g/mol. The van der Waals surface area contributed by atoms with E-state index in [9.17, 15) is 0 Å². The summed E-state index contributed by atoms with van der Waals surface area (Å²) >= 11 is 0. The number of rotatable bonds is 0. The molecule has 3 heteroatoms. The van der Waals surface area contributed by atoms with Crippen LogP contribution in [0.15, 0.2) is 24.3 Å². The quantitative estimate of drug-likeness (QED) is 0.504. The van der Waals surface area contributed by atoms with Gasteiger partial charge >= 0.3 is 0 Å². The predicted octanol–water partition coefficient (Wildman–Crippen LogP) is 3.73. The van der Waals surface area contributed by atoms with Gasteiger partial charge in [0, 0.05) is 33.3 Å². The van der Waals surface area contributed by atoms with Gasteiger partial charge in [-0.3, -0.25) is 0 Å². The van der Waals surface area contributed by atoms with E-state index in [1.54, 1.807) is 12.1 Å². The first-order valence-electron chi connectivity index (χ1n) is 4.75. The summed E-state index contributed by atoms with van der Waals surface area (Å²) in [4.78, 5) is 0. The molecule has 1 aliphatic carbocycles. The molecule has 0 aromatic carbocycles. The maximum atomic E-state index is 7.32. The maximum absolute atomic E-state index is 7.32. The topological polar surface area (TPSA) is 47.6 Å². The summed E-state index contributed by atoms with van der Waals surface area (Å²) in [5.41, 5.74) is 0. The second kappa shape index (κ2) is 23.2. The van der Waals surface area contributed by atoms with Gasteiger partial charge < -0.3 is 0 Å². The van der Waals surface area contributed by atoms with Crippen molar-refractivity contribution in [1.29, 1.82) is 10.5 Å². The van der Waals surface area contributed by atoms with E-state index in [2.05, 4.69) is 24.3 Å². The van der Waals surface area contributed by atoms with E-state index in [1.165, 1.54) is 39.5 Å². The van der Waals surface area contributed by atoms with Gasteiger partial charge in [0.25, 0.3) is 0 Å². The van der Waals surface area contributed by atoms with Crippen LogP contribution in [0.1, 0.15) is 39.5 Å². The summed E-state index contributed by atoms with van der Waals surface area (Å²) in [6, 6.07) is 3.50. The second-order valence-corrected chi connectivity index (χ2v) is 2.54. The van der Waals surface area contributed by atoms with Crippen molar-refractivity contribution in [2.45, 2.75) is 39.5 Å². The molecule has 0 amide bonds. The molecule has 0 spiro atoms. The van der Waals surface area contributed by atoms with Gasteiger partial charge in [-0.25, -0.2) is 0 Å². The Morgan fingerprint density at radius 2 is 0.867 bits per heavy atom. The van der Waals surface area contributed by atoms with Crippen molar-refractivity contribution in [2.24, 2.45) is 0 Å². The molecule has 15 heavy (non-hydrogen) atoms. The minimum absolute atomic E-state index is 0. The van der Waals surface area contributed by atoms with Gasteiger partial charge in [0.15, 0.2) is 0 Å². The third kappa shape index (κ3) is 32.0. The molecule has 1 radical (unpaired) electrons. The zero-order valence-electron chi connectivity index (χ0n) is 9.37. The second-order valence-electron chi connectivity index (χ2n) is 2.54. The smallest absolute Gasteiger partial charge is 0.0587 e. The van der Waals surface area contributed by atoms with E-state index in [-0.39, 0.29) is 19.5 Å². The molecule has 0 N–H and O–H groups in total. The third-order valence-corrected chi connectivity index (χ3v) is 1.33. The van der Waals surface area contributed by atoms with Gasteiger partial charge in [-0.1, -0.05) is 24.3 Å². The number of nitrogens with zero attached hydrogens (tertiary/aromatic N) is 2. The summed E-state index contributed by atoms with van der Waals surface area (Å²) in [5, 5.41) is 14.6. The fourth-order valence-corrected chi connectivity index (χ4v) is 0.856. The summed E-state index contributed by atoms with van der Waals surface area (Å²) in [6.45, 7) is 2.86. The van der Waals surface area contributed by atoms with Crippen LogP contribution in [0, 0.1) is 22.7 Å². The fraction of sp³-hybridized carbons (Fsp3) is 0.500. The molecular formula is C12H18N2Rh. The molecule has 0 aliphatic heterocycles. The van der Waals surface area contributed by atoms with Crippen LogP contribution in [0.25, 0.3) is 0 Å². The normalized spacial score (nSPS) is 16.0. The largest absolute Gasteiger partial charge is 0.199 e. The average Bonchev–Trinajstić information content (AvgIpc) is 2.04. The fourth-order valence-electron chi connectivity index (χ4n) is 0.856. The van der Waals surface area contributed by atoms with Crippen molar-refractivity contribution < 1.29 is 19.5 Å². The van der Waals surface area contributed by atoms with Crippen LogP contribution in [0.4, 0.5) is 0 Å².